The molecule has 2 aromatic heterocycles. The third-order valence-electron chi connectivity index (χ3n) is 6.07. The van der Waals surface area contributed by atoms with Crippen LogP contribution in [0.1, 0.15) is 41.9 Å². The maximum Gasteiger partial charge on any atom is 0.266 e. The Balaban J connectivity index is 1.66. The van der Waals surface area contributed by atoms with Crippen LogP contribution >= 0.6 is 0 Å². The fourth-order valence-electron chi connectivity index (χ4n) is 4.22. The zero-order valence-corrected chi connectivity index (χ0v) is 17.9. The van der Waals surface area contributed by atoms with Gasteiger partial charge in [0, 0.05) is 37.8 Å². The van der Waals surface area contributed by atoms with E-state index >= 15 is 0 Å². The summed E-state index contributed by atoms with van der Waals surface area (Å²) in [4.78, 5) is 34.4. The fourth-order valence-corrected chi connectivity index (χ4v) is 4.22. The quantitative estimate of drug-likeness (QED) is 0.596. The predicted molar refractivity (Wildman–Crippen MR) is 118 cm³/mol. The standard InChI is InChI=1S/C22H21BF3N5O2/c1-30-20-16(9-15(21(30)32)12-5-7-31(8-6-12)22(23)33)19(28-11-29-20)27-10-13-3-2-4-14(17(13)24)18(25)26/h2-4,9,11-12,18H,5-8,10H2,1H3,(H,27,28,29). The Labute approximate surface area is 189 Å². The Bertz CT molecular complexity index is 1260. The van der Waals surface area contributed by atoms with Gasteiger partial charge >= 0.3 is 0 Å². The molecule has 1 aliphatic heterocycles. The summed E-state index contributed by atoms with van der Waals surface area (Å²) in [6, 6.07) is 5.57. The van der Waals surface area contributed by atoms with Crippen LogP contribution < -0.4 is 10.9 Å². The van der Waals surface area contributed by atoms with Crippen molar-refractivity contribution in [2.45, 2.75) is 31.7 Å². The lowest BCUT2D eigenvalue weighted by atomic mass is 9.88. The summed E-state index contributed by atoms with van der Waals surface area (Å²) >= 11 is 0. The van der Waals surface area contributed by atoms with Crippen LogP contribution in [0.2, 0.25) is 0 Å². The van der Waals surface area contributed by atoms with Crippen molar-refractivity contribution < 1.29 is 18.0 Å². The first-order valence-corrected chi connectivity index (χ1v) is 10.5. The lowest BCUT2D eigenvalue weighted by Gasteiger charge is -2.31. The SMILES string of the molecule is [B]C(=O)N1CCC(c2cc3c(NCc4cccc(C(F)F)c4F)ncnc3n(C)c2=O)CC1. The van der Waals surface area contributed by atoms with Gasteiger partial charge in [0.25, 0.3) is 12.0 Å². The van der Waals surface area contributed by atoms with Gasteiger partial charge in [-0.1, -0.05) is 18.2 Å². The number of rotatable bonds is 5. The average molecular weight is 455 g/mol. The van der Waals surface area contributed by atoms with E-state index in [4.69, 9.17) is 7.85 Å². The van der Waals surface area contributed by atoms with E-state index in [2.05, 4.69) is 15.3 Å². The number of fused-ring (bicyclic) bond motifs is 1. The van der Waals surface area contributed by atoms with Gasteiger partial charge in [0.15, 0.2) is 5.81 Å². The van der Waals surface area contributed by atoms with Crippen LogP contribution in [0.5, 0.6) is 0 Å². The lowest BCUT2D eigenvalue weighted by molar-refractivity contribution is 0.146. The number of nitrogens with zero attached hydrogens (tertiary/aromatic N) is 4. The van der Waals surface area contributed by atoms with Crippen molar-refractivity contribution >= 4 is 30.5 Å². The Morgan fingerprint density at radius 1 is 1.27 bits per heavy atom. The molecule has 170 valence electrons. The molecule has 0 bridgehead atoms. The monoisotopic (exact) mass is 455 g/mol. The highest BCUT2D eigenvalue weighted by Crippen LogP contribution is 2.30. The third kappa shape index (κ3) is 4.44. The molecule has 4 rings (SSSR count). The number of carbonyl (C=O) groups is 1. The van der Waals surface area contributed by atoms with Crippen LogP contribution in [0.15, 0.2) is 35.4 Å². The van der Waals surface area contributed by atoms with Gasteiger partial charge in [0.1, 0.15) is 23.6 Å². The maximum absolute atomic E-state index is 14.4. The number of pyridine rings is 1. The molecular formula is C22H21BF3N5O2. The van der Waals surface area contributed by atoms with Crippen molar-refractivity contribution in [2.75, 3.05) is 18.4 Å². The molecule has 3 aromatic rings. The molecule has 1 amide bonds. The van der Waals surface area contributed by atoms with Crippen molar-refractivity contribution in [1.82, 2.24) is 19.4 Å². The number of nitrogens with one attached hydrogen (secondary N) is 1. The zero-order chi connectivity index (χ0) is 23.7. The van der Waals surface area contributed by atoms with E-state index in [-0.39, 0.29) is 23.6 Å². The van der Waals surface area contributed by atoms with Crippen molar-refractivity contribution in [3.05, 3.63) is 63.5 Å². The van der Waals surface area contributed by atoms with Crippen LogP contribution in [0.25, 0.3) is 11.0 Å². The largest absolute Gasteiger partial charge is 0.365 e. The first-order chi connectivity index (χ1) is 15.8. The van der Waals surface area contributed by atoms with E-state index in [0.29, 0.717) is 48.3 Å². The van der Waals surface area contributed by atoms with Gasteiger partial charge in [-0.05, 0) is 24.8 Å². The molecule has 1 aliphatic rings. The molecule has 0 spiro atoms. The molecular weight excluding hydrogens is 434 g/mol. The summed E-state index contributed by atoms with van der Waals surface area (Å²) in [6.45, 7) is 0.836. The van der Waals surface area contributed by atoms with E-state index in [1.807, 2.05) is 0 Å². The van der Waals surface area contributed by atoms with Crippen molar-refractivity contribution in [3.63, 3.8) is 0 Å². The van der Waals surface area contributed by atoms with Crippen LogP contribution in [-0.4, -0.2) is 46.2 Å². The van der Waals surface area contributed by atoms with Crippen LogP contribution in [-0.2, 0) is 13.6 Å². The minimum atomic E-state index is -2.91. The first-order valence-electron chi connectivity index (χ1n) is 10.5. The number of aryl methyl sites for hydroxylation is 1. The highest BCUT2D eigenvalue weighted by molar-refractivity contribution is 6.56. The molecule has 0 unspecified atom stereocenters. The molecule has 0 saturated carbocycles. The number of alkyl halides is 2. The molecule has 3 heterocycles. The Morgan fingerprint density at radius 2 is 2.00 bits per heavy atom. The van der Waals surface area contributed by atoms with Gasteiger partial charge in [-0.3, -0.25) is 14.2 Å². The van der Waals surface area contributed by atoms with Gasteiger partial charge in [-0.2, -0.15) is 0 Å². The van der Waals surface area contributed by atoms with Crippen molar-refractivity contribution in [1.29, 1.82) is 0 Å². The molecule has 2 radical (unpaired) electrons. The molecule has 7 nitrogen and oxygen atoms in total. The van der Waals surface area contributed by atoms with Gasteiger partial charge in [-0.25, -0.2) is 23.1 Å². The summed E-state index contributed by atoms with van der Waals surface area (Å²) in [5.41, 5.74) is 0.174. The minimum absolute atomic E-state index is 0.0723. The number of aromatic nitrogens is 3. The second kappa shape index (κ2) is 9.25. The Kier molecular flexibility index (Phi) is 6.39. The number of hydrogen-bond donors (Lipinski definition) is 1. The van der Waals surface area contributed by atoms with Gasteiger partial charge < -0.3 is 10.2 Å². The summed E-state index contributed by atoms with van der Waals surface area (Å²) in [6.07, 6.45) is -0.457. The normalized spacial score (nSPS) is 14.8. The molecule has 1 fully saturated rings. The lowest BCUT2D eigenvalue weighted by Crippen LogP contribution is -2.38. The van der Waals surface area contributed by atoms with E-state index in [9.17, 15) is 22.8 Å². The molecule has 1 aromatic carbocycles. The number of likely N-dealkylation sites (tertiary alicyclic amines) is 1. The fraction of sp³-hybridized carbons (Fsp3) is 0.364. The summed E-state index contributed by atoms with van der Waals surface area (Å²) < 4.78 is 41.9. The topological polar surface area (TPSA) is 80.1 Å². The molecule has 1 saturated heterocycles. The molecule has 11 heteroatoms. The van der Waals surface area contributed by atoms with Crippen LogP contribution in [0.3, 0.4) is 0 Å². The highest BCUT2D eigenvalue weighted by Gasteiger charge is 2.25. The molecule has 0 aliphatic carbocycles. The molecule has 1 N–H and O–H groups in total. The number of amides is 1. The Morgan fingerprint density at radius 3 is 2.67 bits per heavy atom. The van der Waals surface area contributed by atoms with Gasteiger partial charge in [0.05, 0.1) is 10.9 Å². The smallest absolute Gasteiger partial charge is 0.266 e. The predicted octanol–water partition coefficient (Wildman–Crippen LogP) is 3.49. The van der Waals surface area contributed by atoms with E-state index in [1.54, 1.807) is 18.0 Å². The van der Waals surface area contributed by atoms with E-state index < -0.39 is 23.6 Å². The van der Waals surface area contributed by atoms with E-state index in [1.165, 1.54) is 23.0 Å². The molecule has 33 heavy (non-hydrogen) atoms. The minimum Gasteiger partial charge on any atom is -0.365 e. The number of piperidine rings is 1. The summed E-state index contributed by atoms with van der Waals surface area (Å²) in [5, 5.41) is 3.54. The number of anilines is 1. The zero-order valence-electron chi connectivity index (χ0n) is 17.9. The maximum atomic E-state index is 14.4. The number of hydrogen-bond acceptors (Lipinski definition) is 5. The average Bonchev–Trinajstić information content (AvgIpc) is 2.80. The van der Waals surface area contributed by atoms with Gasteiger partial charge in [-0.15, -0.1) is 0 Å². The summed E-state index contributed by atoms with van der Waals surface area (Å²) in [7, 11) is 6.95. The van der Waals surface area contributed by atoms with Crippen molar-refractivity contribution in [2.24, 2.45) is 7.05 Å². The van der Waals surface area contributed by atoms with Gasteiger partial charge in [0.2, 0.25) is 7.85 Å². The second-order valence-electron chi connectivity index (χ2n) is 8.00. The second-order valence-corrected chi connectivity index (χ2v) is 8.00. The third-order valence-corrected chi connectivity index (χ3v) is 6.07. The molecule has 0 atom stereocenters. The number of benzene rings is 1. The van der Waals surface area contributed by atoms with Crippen LogP contribution in [0, 0.1) is 5.82 Å². The first kappa shape index (κ1) is 22.8. The highest BCUT2D eigenvalue weighted by atomic mass is 19.3. The Hall–Kier alpha value is -3.37. The summed E-state index contributed by atoms with van der Waals surface area (Å²) in [5.74, 6) is -1.17. The van der Waals surface area contributed by atoms with Crippen molar-refractivity contribution in [3.8, 4) is 0 Å². The number of carbonyl (C=O) groups excluding carboxylic acids is 1. The van der Waals surface area contributed by atoms with E-state index in [0.717, 1.165) is 6.07 Å². The number of halogens is 3. The van der Waals surface area contributed by atoms with Crippen LogP contribution in [0.4, 0.5) is 23.8 Å².